The predicted octanol–water partition coefficient (Wildman–Crippen LogP) is -0.131. The van der Waals surface area contributed by atoms with Crippen LogP contribution < -0.4 is 16.6 Å². The second-order valence-electron chi connectivity index (χ2n) is 3.68. The lowest BCUT2D eigenvalue weighted by Crippen LogP contribution is -2.51. The first kappa shape index (κ1) is 8.77. The fourth-order valence-corrected chi connectivity index (χ4v) is 2.17. The number of hydrogen-bond acceptors (Lipinski definition) is 3. The molecular formula is C8H15N3O2. The highest BCUT2D eigenvalue weighted by Gasteiger charge is 2.37. The number of hydrazine groups is 1. The van der Waals surface area contributed by atoms with E-state index in [9.17, 15) is 4.79 Å². The Bertz CT molecular complexity index is 210. The first-order chi connectivity index (χ1) is 6.29. The molecule has 74 valence electrons. The highest BCUT2D eigenvalue weighted by atomic mass is 16.5. The van der Waals surface area contributed by atoms with Gasteiger partial charge in [0.1, 0.15) is 0 Å². The van der Waals surface area contributed by atoms with Gasteiger partial charge in [0.25, 0.3) is 0 Å². The Morgan fingerprint density at radius 3 is 2.85 bits per heavy atom. The third-order valence-corrected chi connectivity index (χ3v) is 2.84. The Morgan fingerprint density at radius 1 is 1.31 bits per heavy atom. The standard InChI is InChI=1S/C8H15N3O2/c9-11-8(12)10-6-3-1-5-2-4-7(6)13-5/h5-7H,1-4,9H2,(H2,10,11,12). The summed E-state index contributed by atoms with van der Waals surface area (Å²) < 4.78 is 5.67. The van der Waals surface area contributed by atoms with Crippen molar-refractivity contribution in [3.8, 4) is 0 Å². The van der Waals surface area contributed by atoms with Crippen LogP contribution in [-0.4, -0.2) is 24.3 Å². The lowest BCUT2D eigenvalue weighted by atomic mass is 10.0. The van der Waals surface area contributed by atoms with Gasteiger partial charge in [-0.25, -0.2) is 10.6 Å². The zero-order chi connectivity index (χ0) is 9.26. The third-order valence-electron chi connectivity index (χ3n) is 2.84. The fraction of sp³-hybridized carbons (Fsp3) is 0.875. The quantitative estimate of drug-likeness (QED) is 0.302. The number of carbonyl (C=O) groups is 1. The normalized spacial score (nSPS) is 37.2. The van der Waals surface area contributed by atoms with Gasteiger partial charge >= 0.3 is 6.03 Å². The molecule has 2 aliphatic rings. The third kappa shape index (κ3) is 1.76. The van der Waals surface area contributed by atoms with Crippen LogP contribution in [0.5, 0.6) is 0 Å². The van der Waals surface area contributed by atoms with E-state index < -0.39 is 0 Å². The van der Waals surface area contributed by atoms with Crippen LogP contribution in [0.15, 0.2) is 0 Å². The van der Waals surface area contributed by atoms with E-state index in [0.717, 1.165) is 25.7 Å². The smallest absolute Gasteiger partial charge is 0.329 e. The van der Waals surface area contributed by atoms with Crippen LogP contribution in [0, 0.1) is 0 Å². The van der Waals surface area contributed by atoms with E-state index in [-0.39, 0.29) is 18.2 Å². The number of rotatable bonds is 1. The van der Waals surface area contributed by atoms with Crippen LogP contribution in [-0.2, 0) is 4.74 Å². The number of fused-ring (bicyclic) bond motifs is 2. The van der Waals surface area contributed by atoms with Crippen molar-refractivity contribution in [2.24, 2.45) is 5.84 Å². The van der Waals surface area contributed by atoms with Crippen LogP contribution in [0.25, 0.3) is 0 Å². The van der Waals surface area contributed by atoms with Crippen LogP contribution in [0.1, 0.15) is 25.7 Å². The predicted molar refractivity (Wildman–Crippen MR) is 46.8 cm³/mol. The first-order valence-electron chi connectivity index (χ1n) is 4.72. The van der Waals surface area contributed by atoms with Gasteiger partial charge in [0.15, 0.2) is 0 Å². The van der Waals surface area contributed by atoms with Gasteiger partial charge in [0, 0.05) is 0 Å². The Labute approximate surface area is 77.0 Å². The molecule has 0 saturated carbocycles. The molecule has 0 spiro atoms. The number of nitrogens with one attached hydrogen (secondary N) is 2. The highest BCUT2D eigenvalue weighted by molar-refractivity contribution is 5.73. The van der Waals surface area contributed by atoms with Crippen LogP contribution in [0.3, 0.4) is 0 Å². The minimum absolute atomic E-state index is 0.141. The van der Waals surface area contributed by atoms with Crippen LogP contribution in [0.2, 0.25) is 0 Å². The molecule has 0 aromatic rings. The molecule has 2 heterocycles. The van der Waals surface area contributed by atoms with Crippen molar-refractivity contribution in [3.63, 3.8) is 0 Å². The second kappa shape index (κ2) is 3.51. The number of hydrogen-bond donors (Lipinski definition) is 3. The van der Waals surface area contributed by atoms with E-state index in [1.54, 1.807) is 0 Å². The Hall–Kier alpha value is -0.810. The van der Waals surface area contributed by atoms with Gasteiger partial charge in [-0.3, -0.25) is 5.43 Å². The van der Waals surface area contributed by atoms with Gasteiger partial charge in [-0.1, -0.05) is 0 Å². The zero-order valence-electron chi connectivity index (χ0n) is 7.45. The maximum absolute atomic E-state index is 11.0. The van der Waals surface area contributed by atoms with Crippen molar-refractivity contribution in [3.05, 3.63) is 0 Å². The number of ether oxygens (including phenoxy) is 1. The average molecular weight is 185 g/mol. The lowest BCUT2D eigenvalue weighted by molar-refractivity contribution is -0.0134. The number of nitrogens with two attached hydrogens (primary N) is 1. The molecule has 0 aliphatic carbocycles. The average Bonchev–Trinajstić information content (AvgIpc) is 2.54. The van der Waals surface area contributed by atoms with E-state index in [2.05, 4.69) is 10.7 Å². The van der Waals surface area contributed by atoms with Gasteiger partial charge in [-0.05, 0) is 25.7 Å². The van der Waals surface area contributed by atoms with E-state index in [4.69, 9.17) is 10.6 Å². The molecule has 2 fully saturated rings. The van der Waals surface area contributed by atoms with E-state index in [1.165, 1.54) is 0 Å². The SMILES string of the molecule is NNC(=O)NC1CCC2CCC1O2. The summed E-state index contributed by atoms with van der Waals surface area (Å²) in [6, 6.07) is -0.179. The molecule has 0 aromatic carbocycles. The van der Waals surface area contributed by atoms with E-state index in [1.807, 2.05) is 0 Å². The lowest BCUT2D eigenvalue weighted by Gasteiger charge is -2.29. The van der Waals surface area contributed by atoms with Crippen molar-refractivity contribution in [1.29, 1.82) is 0 Å². The van der Waals surface area contributed by atoms with E-state index in [0.29, 0.717) is 6.10 Å². The second-order valence-corrected chi connectivity index (χ2v) is 3.68. The summed E-state index contributed by atoms with van der Waals surface area (Å²) in [6.07, 6.45) is 4.88. The van der Waals surface area contributed by atoms with Crippen molar-refractivity contribution >= 4 is 6.03 Å². The zero-order valence-corrected chi connectivity index (χ0v) is 7.45. The van der Waals surface area contributed by atoms with Crippen molar-refractivity contribution < 1.29 is 9.53 Å². The van der Waals surface area contributed by atoms with Crippen molar-refractivity contribution in [1.82, 2.24) is 10.7 Å². The molecule has 3 unspecified atom stereocenters. The number of carbonyl (C=O) groups excluding carboxylic acids is 1. The monoisotopic (exact) mass is 185 g/mol. The topological polar surface area (TPSA) is 76.4 Å². The molecule has 3 atom stereocenters. The van der Waals surface area contributed by atoms with Crippen molar-refractivity contribution in [2.75, 3.05) is 0 Å². The maximum atomic E-state index is 11.0. The van der Waals surface area contributed by atoms with Crippen molar-refractivity contribution in [2.45, 2.75) is 43.9 Å². The molecule has 2 saturated heterocycles. The first-order valence-corrected chi connectivity index (χ1v) is 4.72. The fourth-order valence-electron chi connectivity index (χ4n) is 2.17. The molecule has 0 radical (unpaired) electrons. The molecule has 2 bridgehead atoms. The summed E-state index contributed by atoms with van der Waals surface area (Å²) in [6.45, 7) is 0. The van der Waals surface area contributed by atoms with Crippen LogP contribution in [0.4, 0.5) is 4.79 Å². The molecular weight excluding hydrogens is 170 g/mol. The van der Waals surface area contributed by atoms with Crippen LogP contribution >= 0.6 is 0 Å². The van der Waals surface area contributed by atoms with Gasteiger partial charge in [0.2, 0.25) is 0 Å². The Morgan fingerprint density at radius 2 is 2.08 bits per heavy atom. The summed E-state index contributed by atoms with van der Waals surface area (Å²) in [5, 5.41) is 2.80. The summed E-state index contributed by atoms with van der Waals surface area (Å²) in [5.74, 6) is 4.98. The Balaban J connectivity index is 1.89. The summed E-state index contributed by atoms with van der Waals surface area (Å²) in [5.41, 5.74) is 2.06. The maximum Gasteiger partial charge on any atom is 0.329 e. The minimum atomic E-state index is -0.320. The molecule has 2 amide bonds. The molecule has 5 heteroatoms. The summed E-state index contributed by atoms with van der Waals surface area (Å²) in [4.78, 5) is 11.0. The van der Waals surface area contributed by atoms with Gasteiger partial charge in [-0.2, -0.15) is 0 Å². The molecule has 5 nitrogen and oxygen atoms in total. The molecule has 13 heavy (non-hydrogen) atoms. The Kier molecular flexibility index (Phi) is 2.37. The van der Waals surface area contributed by atoms with Gasteiger partial charge < -0.3 is 10.1 Å². The number of urea groups is 1. The minimum Gasteiger partial charge on any atom is -0.373 e. The molecule has 2 rings (SSSR count). The summed E-state index contributed by atoms with van der Waals surface area (Å²) in [7, 11) is 0. The largest absolute Gasteiger partial charge is 0.373 e. The molecule has 0 aromatic heterocycles. The molecule has 2 aliphatic heterocycles. The summed E-state index contributed by atoms with van der Waals surface area (Å²) >= 11 is 0. The molecule has 4 N–H and O–H groups in total. The van der Waals surface area contributed by atoms with E-state index >= 15 is 0 Å². The van der Waals surface area contributed by atoms with Gasteiger partial charge in [0.05, 0.1) is 18.2 Å². The van der Waals surface area contributed by atoms with Gasteiger partial charge in [-0.15, -0.1) is 0 Å². The number of amides is 2. The highest BCUT2D eigenvalue weighted by Crippen LogP contribution is 2.32.